The Morgan fingerprint density at radius 3 is 3.07 bits per heavy atom. The van der Waals surface area contributed by atoms with Crippen LogP contribution >= 0.6 is 0 Å². The van der Waals surface area contributed by atoms with Crippen molar-refractivity contribution in [3.8, 4) is 0 Å². The molecular formula is C11H14N2O. The average Bonchev–Trinajstić information content (AvgIpc) is 2.63. The van der Waals surface area contributed by atoms with Crippen LogP contribution in [0.5, 0.6) is 0 Å². The average molecular weight is 190 g/mol. The van der Waals surface area contributed by atoms with Gasteiger partial charge in [0.05, 0.1) is 6.61 Å². The van der Waals surface area contributed by atoms with E-state index in [-0.39, 0.29) is 0 Å². The van der Waals surface area contributed by atoms with Gasteiger partial charge in [0.15, 0.2) is 0 Å². The summed E-state index contributed by atoms with van der Waals surface area (Å²) in [5, 5.41) is 0. The zero-order valence-electron chi connectivity index (χ0n) is 8.53. The highest BCUT2D eigenvalue weighted by molar-refractivity contribution is 5.43. The van der Waals surface area contributed by atoms with E-state index in [0.29, 0.717) is 6.61 Å². The molecule has 2 aromatic rings. The van der Waals surface area contributed by atoms with Crippen molar-refractivity contribution in [2.75, 3.05) is 6.61 Å². The number of rotatable bonds is 3. The molecule has 14 heavy (non-hydrogen) atoms. The number of pyridine rings is 1. The first-order valence-electron chi connectivity index (χ1n) is 4.81. The molecule has 0 N–H and O–H groups in total. The van der Waals surface area contributed by atoms with Gasteiger partial charge in [0.2, 0.25) is 0 Å². The van der Waals surface area contributed by atoms with E-state index in [1.165, 1.54) is 11.3 Å². The summed E-state index contributed by atoms with van der Waals surface area (Å²) in [5.41, 5.74) is 3.36. The maximum atomic E-state index is 5.36. The second kappa shape index (κ2) is 3.80. The molecule has 0 amide bonds. The Balaban J connectivity index is 2.38. The Morgan fingerprint density at radius 2 is 2.29 bits per heavy atom. The number of fused-ring (bicyclic) bond motifs is 1. The van der Waals surface area contributed by atoms with Crippen LogP contribution in [0.4, 0.5) is 0 Å². The third-order valence-corrected chi connectivity index (χ3v) is 2.23. The molecule has 0 aliphatic heterocycles. The molecule has 0 fully saturated rings. The number of imidazole rings is 1. The van der Waals surface area contributed by atoms with Gasteiger partial charge in [-0.05, 0) is 31.5 Å². The van der Waals surface area contributed by atoms with Gasteiger partial charge < -0.3 is 9.14 Å². The molecule has 0 bridgehead atoms. The Kier molecular flexibility index (Phi) is 2.50. The fourth-order valence-corrected chi connectivity index (χ4v) is 1.57. The van der Waals surface area contributed by atoms with Crippen molar-refractivity contribution in [1.29, 1.82) is 0 Å². The number of ether oxygens (including phenoxy) is 1. The lowest BCUT2D eigenvalue weighted by atomic mass is 10.2. The van der Waals surface area contributed by atoms with Crippen molar-refractivity contribution in [1.82, 2.24) is 9.38 Å². The Hall–Kier alpha value is -1.35. The van der Waals surface area contributed by atoms with Gasteiger partial charge in [-0.3, -0.25) is 0 Å². The van der Waals surface area contributed by atoms with Crippen molar-refractivity contribution in [2.24, 2.45) is 0 Å². The van der Waals surface area contributed by atoms with E-state index in [4.69, 9.17) is 4.74 Å². The minimum atomic E-state index is 0.667. The van der Waals surface area contributed by atoms with Crippen LogP contribution in [0.25, 0.3) is 5.65 Å². The molecule has 0 aromatic carbocycles. The first kappa shape index (κ1) is 9.21. The van der Waals surface area contributed by atoms with Gasteiger partial charge in [0.25, 0.3) is 0 Å². The highest BCUT2D eigenvalue weighted by Crippen LogP contribution is 2.10. The lowest BCUT2D eigenvalue weighted by molar-refractivity contribution is 0.134. The van der Waals surface area contributed by atoms with Gasteiger partial charge in [0, 0.05) is 24.7 Å². The molecule has 74 valence electrons. The SMILES string of the molecule is CCOCc1cc(C)n2ccnc2c1. The van der Waals surface area contributed by atoms with Crippen LogP contribution in [-0.2, 0) is 11.3 Å². The fraction of sp³-hybridized carbons (Fsp3) is 0.364. The second-order valence-electron chi connectivity index (χ2n) is 3.30. The highest BCUT2D eigenvalue weighted by Gasteiger charge is 2.00. The summed E-state index contributed by atoms with van der Waals surface area (Å²) in [6.45, 7) is 5.49. The van der Waals surface area contributed by atoms with E-state index in [1.54, 1.807) is 0 Å². The third-order valence-electron chi connectivity index (χ3n) is 2.23. The van der Waals surface area contributed by atoms with Crippen LogP contribution < -0.4 is 0 Å². The van der Waals surface area contributed by atoms with Gasteiger partial charge >= 0.3 is 0 Å². The third kappa shape index (κ3) is 1.63. The van der Waals surface area contributed by atoms with Gasteiger partial charge in [-0.2, -0.15) is 0 Å². The van der Waals surface area contributed by atoms with Crippen LogP contribution in [-0.4, -0.2) is 16.0 Å². The molecule has 3 nitrogen and oxygen atoms in total. The number of aromatic nitrogens is 2. The minimum Gasteiger partial charge on any atom is -0.377 e. The molecule has 0 aliphatic carbocycles. The number of hydrogen-bond acceptors (Lipinski definition) is 2. The van der Waals surface area contributed by atoms with Crippen LogP contribution in [0.15, 0.2) is 24.5 Å². The molecule has 0 unspecified atom stereocenters. The van der Waals surface area contributed by atoms with Gasteiger partial charge in [0.1, 0.15) is 5.65 Å². The normalized spacial score (nSPS) is 11.0. The van der Waals surface area contributed by atoms with Crippen molar-refractivity contribution < 1.29 is 4.74 Å². The van der Waals surface area contributed by atoms with E-state index in [9.17, 15) is 0 Å². The highest BCUT2D eigenvalue weighted by atomic mass is 16.5. The van der Waals surface area contributed by atoms with Crippen LogP contribution in [0, 0.1) is 6.92 Å². The van der Waals surface area contributed by atoms with E-state index in [0.717, 1.165) is 12.3 Å². The van der Waals surface area contributed by atoms with Crippen LogP contribution in [0.1, 0.15) is 18.2 Å². The first-order chi connectivity index (χ1) is 6.81. The van der Waals surface area contributed by atoms with E-state index in [2.05, 4.69) is 28.4 Å². The quantitative estimate of drug-likeness (QED) is 0.741. The fourth-order valence-electron chi connectivity index (χ4n) is 1.57. The zero-order valence-corrected chi connectivity index (χ0v) is 8.53. The first-order valence-corrected chi connectivity index (χ1v) is 4.81. The molecule has 0 radical (unpaired) electrons. The molecule has 2 rings (SSSR count). The van der Waals surface area contributed by atoms with E-state index >= 15 is 0 Å². The predicted molar refractivity (Wildman–Crippen MR) is 55.3 cm³/mol. The van der Waals surface area contributed by atoms with Crippen LogP contribution in [0.2, 0.25) is 0 Å². The molecule has 2 aromatic heterocycles. The molecule has 2 heterocycles. The zero-order chi connectivity index (χ0) is 9.97. The summed E-state index contributed by atoms with van der Waals surface area (Å²) in [6.07, 6.45) is 3.78. The Bertz CT molecular complexity index is 434. The molecule has 0 saturated carbocycles. The molecule has 0 saturated heterocycles. The summed E-state index contributed by atoms with van der Waals surface area (Å²) in [7, 11) is 0. The lowest BCUT2D eigenvalue weighted by Gasteiger charge is -2.05. The molecule has 0 atom stereocenters. The lowest BCUT2D eigenvalue weighted by Crippen LogP contribution is -1.96. The second-order valence-corrected chi connectivity index (χ2v) is 3.30. The van der Waals surface area contributed by atoms with Crippen LogP contribution in [0.3, 0.4) is 0 Å². The molecule has 0 aliphatic rings. The van der Waals surface area contributed by atoms with Gasteiger partial charge in [-0.15, -0.1) is 0 Å². The number of aryl methyl sites for hydroxylation is 1. The summed E-state index contributed by atoms with van der Waals surface area (Å²) in [6, 6.07) is 4.19. The predicted octanol–water partition coefficient (Wildman–Crippen LogP) is 2.18. The minimum absolute atomic E-state index is 0.667. The standard InChI is InChI=1S/C11H14N2O/c1-3-14-8-10-6-9(2)13-5-4-12-11(13)7-10/h4-7H,3,8H2,1-2H3. The summed E-state index contributed by atoms with van der Waals surface area (Å²) in [4.78, 5) is 4.26. The maximum absolute atomic E-state index is 5.36. The van der Waals surface area contributed by atoms with Gasteiger partial charge in [-0.1, -0.05) is 0 Å². The van der Waals surface area contributed by atoms with E-state index in [1.807, 2.05) is 19.3 Å². The molecule has 0 spiro atoms. The summed E-state index contributed by atoms with van der Waals surface area (Å²) in [5.74, 6) is 0. The topological polar surface area (TPSA) is 26.5 Å². The van der Waals surface area contributed by atoms with Crippen molar-refractivity contribution in [3.05, 3.63) is 35.8 Å². The number of hydrogen-bond donors (Lipinski definition) is 0. The van der Waals surface area contributed by atoms with Crippen molar-refractivity contribution >= 4 is 5.65 Å². The molecular weight excluding hydrogens is 176 g/mol. The van der Waals surface area contributed by atoms with E-state index < -0.39 is 0 Å². The Morgan fingerprint density at radius 1 is 1.43 bits per heavy atom. The smallest absolute Gasteiger partial charge is 0.137 e. The van der Waals surface area contributed by atoms with Crippen molar-refractivity contribution in [3.63, 3.8) is 0 Å². The largest absolute Gasteiger partial charge is 0.377 e. The number of nitrogens with zero attached hydrogens (tertiary/aromatic N) is 2. The monoisotopic (exact) mass is 190 g/mol. The summed E-state index contributed by atoms with van der Waals surface area (Å²) < 4.78 is 7.43. The molecule has 3 heteroatoms. The van der Waals surface area contributed by atoms with Crippen molar-refractivity contribution in [2.45, 2.75) is 20.5 Å². The Labute approximate surface area is 83.3 Å². The van der Waals surface area contributed by atoms with Gasteiger partial charge in [-0.25, -0.2) is 4.98 Å². The summed E-state index contributed by atoms with van der Waals surface area (Å²) >= 11 is 0. The maximum Gasteiger partial charge on any atom is 0.137 e.